The van der Waals surface area contributed by atoms with Crippen LogP contribution in [0.25, 0.3) is 6.08 Å². The lowest BCUT2D eigenvalue weighted by Crippen LogP contribution is -2.35. The van der Waals surface area contributed by atoms with Gasteiger partial charge in [-0.15, -0.1) is 0 Å². The molecule has 0 aliphatic carbocycles. The van der Waals surface area contributed by atoms with Gasteiger partial charge in [0.15, 0.2) is 17.3 Å². The van der Waals surface area contributed by atoms with Gasteiger partial charge in [0.2, 0.25) is 6.29 Å². The van der Waals surface area contributed by atoms with Crippen LogP contribution in [0.2, 0.25) is 0 Å². The first-order valence-electron chi connectivity index (χ1n) is 9.08. The normalized spacial score (nSPS) is 27.8. The van der Waals surface area contributed by atoms with E-state index in [1.807, 2.05) is 0 Å². The third kappa shape index (κ3) is 3.46. The molecule has 160 valence electrons. The molecule has 2 aliphatic rings. The van der Waals surface area contributed by atoms with E-state index < -0.39 is 37.3 Å². The van der Waals surface area contributed by atoms with Crippen LogP contribution in [0.15, 0.2) is 36.1 Å². The second-order valence-electron chi connectivity index (χ2n) is 7.05. The van der Waals surface area contributed by atoms with E-state index >= 15 is 0 Å². The SMILES string of the molecule is OCC1OC(OC2=Cc3c(O)cc(O)cc3[OH+]C2c2ccc(O)c(O)c2)C(O)C1O. The molecular formula is C20H21O10+. The van der Waals surface area contributed by atoms with Crippen molar-refractivity contribution in [2.75, 3.05) is 6.61 Å². The monoisotopic (exact) mass is 421 g/mol. The van der Waals surface area contributed by atoms with Gasteiger partial charge in [0, 0.05) is 12.1 Å². The van der Waals surface area contributed by atoms with E-state index in [0.717, 1.165) is 6.07 Å². The Morgan fingerprint density at radius 1 is 0.933 bits per heavy atom. The van der Waals surface area contributed by atoms with Crippen molar-refractivity contribution in [2.24, 2.45) is 0 Å². The predicted molar refractivity (Wildman–Crippen MR) is 101 cm³/mol. The molecule has 5 unspecified atom stereocenters. The quantitative estimate of drug-likeness (QED) is 0.271. The Hall–Kier alpha value is -3.18. The number of hydrogen-bond donors (Lipinski definition) is 7. The molecule has 2 aromatic carbocycles. The standard InChI is InChI=1S/C20H20O10/c21-7-16-17(26)18(27)20(30-16)29-15-6-10-12(24)4-9(22)5-14(10)28-19(15)8-1-2-11(23)13(25)3-8/h1-6,16-27H,7H2/p+1. The summed E-state index contributed by atoms with van der Waals surface area (Å²) in [5.74, 6) is -0.840. The molecule has 8 N–H and O–H groups in total. The van der Waals surface area contributed by atoms with Crippen LogP contribution in [0.3, 0.4) is 0 Å². The Balaban J connectivity index is 1.74. The van der Waals surface area contributed by atoms with Crippen molar-refractivity contribution in [1.82, 2.24) is 0 Å². The second kappa shape index (κ2) is 7.58. The van der Waals surface area contributed by atoms with Crippen LogP contribution >= 0.6 is 0 Å². The molecule has 10 nitrogen and oxygen atoms in total. The minimum Gasteiger partial charge on any atom is -0.571 e. The lowest BCUT2D eigenvalue weighted by molar-refractivity contribution is -0.165. The summed E-state index contributed by atoms with van der Waals surface area (Å²) in [7, 11) is 0. The van der Waals surface area contributed by atoms with Crippen LogP contribution in [-0.4, -0.2) is 71.7 Å². The number of rotatable bonds is 4. The van der Waals surface area contributed by atoms with E-state index in [-0.39, 0.29) is 40.1 Å². The summed E-state index contributed by atoms with van der Waals surface area (Å²) in [6, 6.07) is 6.49. The van der Waals surface area contributed by atoms with Crippen molar-refractivity contribution in [3.63, 3.8) is 0 Å². The number of ether oxygens (including phenoxy) is 3. The summed E-state index contributed by atoms with van der Waals surface area (Å²) in [5.41, 5.74) is 0.644. The molecule has 1 fully saturated rings. The minimum absolute atomic E-state index is 0.100. The van der Waals surface area contributed by atoms with Crippen molar-refractivity contribution in [2.45, 2.75) is 30.7 Å². The number of fused-ring (bicyclic) bond motifs is 1. The lowest BCUT2D eigenvalue weighted by Gasteiger charge is -2.28. The first kappa shape index (κ1) is 20.1. The summed E-state index contributed by atoms with van der Waals surface area (Å²) in [4.78, 5) is 0. The Bertz CT molecular complexity index is 988. The van der Waals surface area contributed by atoms with Gasteiger partial charge in [0.25, 0.3) is 11.9 Å². The maximum absolute atomic E-state index is 10.2. The van der Waals surface area contributed by atoms with Gasteiger partial charge in [-0.2, -0.15) is 0 Å². The molecule has 10 heteroatoms. The molecule has 0 aromatic heterocycles. The first-order chi connectivity index (χ1) is 14.3. The Kier molecular flexibility index (Phi) is 5.08. The van der Waals surface area contributed by atoms with Crippen LogP contribution < -0.4 is 0 Å². The summed E-state index contributed by atoms with van der Waals surface area (Å²) in [5, 5.41) is 68.8. The molecule has 0 amide bonds. The topological polar surface area (TPSA) is 173 Å². The largest absolute Gasteiger partial charge is 0.571 e. The van der Waals surface area contributed by atoms with Crippen LogP contribution in [0, 0.1) is 0 Å². The molecule has 0 radical (unpaired) electrons. The van der Waals surface area contributed by atoms with Gasteiger partial charge in [0.1, 0.15) is 35.4 Å². The van der Waals surface area contributed by atoms with Crippen LogP contribution in [0.4, 0.5) is 0 Å². The highest BCUT2D eigenvalue weighted by Crippen LogP contribution is 2.46. The van der Waals surface area contributed by atoms with Crippen molar-refractivity contribution in [1.29, 1.82) is 0 Å². The first-order valence-corrected chi connectivity index (χ1v) is 9.08. The lowest BCUT2D eigenvalue weighted by atomic mass is 10.0. The maximum atomic E-state index is 10.2. The molecule has 4 rings (SSSR count). The van der Waals surface area contributed by atoms with Crippen molar-refractivity contribution < 1.29 is 50.0 Å². The van der Waals surface area contributed by atoms with Gasteiger partial charge < -0.3 is 50.0 Å². The third-order valence-electron chi connectivity index (χ3n) is 5.01. The molecule has 5 atom stereocenters. The fraction of sp³-hybridized carbons (Fsp3) is 0.300. The number of benzene rings is 2. The van der Waals surface area contributed by atoms with Gasteiger partial charge in [-0.3, -0.25) is 0 Å². The Labute approximate surface area is 170 Å². The predicted octanol–water partition coefficient (Wildman–Crippen LogP) is 0.302. The van der Waals surface area contributed by atoms with Crippen LogP contribution in [0.1, 0.15) is 17.2 Å². The van der Waals surface area contributed by atoms with Gasteiger partial charge in [-0.05, 0) is 18.2 Å². The maximum Gasteiger partial charge on any atom is 0.270 e. The minimum atomic E-state index is -1.45. The number of phenolic OH excluding ortho intramolecular Hbond substituents is 4. The van der Waals surface area contributed by atoms with E-state index in [4.69, 9.17) is 9.47 Å². The van der Waals surface area contributed by atoms with Gasteiger partial charge in [0.05, 0.1) is 18.2 Å². The fourth-order valence-electron chi connectivity index (χ4n) is 3.43. The smallest absolute Gasteiger partial charge is 0.270 e. The molecule has 30 heavy (non-hydrogen) atoms. The van der Waals surface area contributed by atoms with Gasteiger partial charge in [-0.1, -0.05) is 0 Å². The number of phenols is 4. The highest BCUT2D eigenvalue weighted by atomic mass is 16.7. The molecule has 2 aliphatic heterocycles. The highest BCUT2D eigenvalue weighted by molar-refractivity contribution is 5.69. The zero-order valence-electron chi connectivity index (χ0n) is 15.5. The van der Waals surface area contributed by atoms with E-state index in [1.54, 1.807) is 0 Å². The average molecular weight is 421 g/mol. The third-order valence-corrected chi connectivity index (χ3v) is 5.01. The number of aliphatic hydroxyl groups is 4. The highest BCUT2D eigenvalue weighted by Gasteiger charge is 2.46. The summed E-state index contributed by atoms with van der Waals surface area (Å²) in [6.07, 6.45) is -4.65. The fourth-order valence-corrected chi connectivity index (χ4v) is 3.43. The zero-order chi connectivity index (χ0) is 21.6. The summed E-state index contributed by atoms with van der Waals surface area (Å²) < 4.78 is 15.6. The average Bonchev–Trinajstić information content (AvgIpc) is 2.98. The number of aromatic hydroxyl groups is 5. The van der Waals surface area contributed by atoms with Crippen LogP contribution in [-0.2, 0) is 9.47 Å². The molecule has 0 spiro atoms. The molecular weight excluding hydrogens is 400 g/mol. The Morgan fingerprint density at radius 3 is 2.37 bits per heavy atom. The van der Waals surface area contributed by atoms with E-state index in [2.05, 4.69) is 4.74 Å². The number of aliphatic hydroxyl groups excluding tert-OH is 3. The molecule has 2 aromatic rings. The van der Waals surface area contributed by atoms with E-state index in [1.165, 1.54) is 30.3 Å². The molecule has 1 saturated heterocycles. The molecule has 0 bridgehead atoms. The van der Waals surface area contributed by atoms with Crippen LogP contribution in [0.5, 0.6) is 28.7 Å². The van der Waals surface area contributed by atoms with Gasteiger partial charge >= 0.3 is 0 Å². The van der Waals surface area contributed by atoms with Crippen molar-refractivity contribution in [3.8, 4) is 28.7 Å². The zero-order valence-corrected chi connectivity index (χ0v) is 15.5. The molecule has 2 heterocycles. The number of hydrogen-bond acceptors (Lipinski definition) is 9. The summed E-state index contributed by atoms with van der Waals surface area (Å²) in [6.45, 7) is -0.528. The second-order valence-corrected chi connectivity index (χ2v) is 7.05. The Morgan fingerprint density at radius 2 is 1.70 bits per heavy atom. The van der Waals surface area contributed by atoms with Gasteiger partial charge in [-0.25, -0.2) is 0 Å². The van der Waals surface area contributed by atoms with E-state index in [0.29, 0.717) is 5.56 Å². The molecule has 0 saturated carbocycles. The summed E-state index contributed by atoms with van der Waals surface area (Å²) >= 11 is 0. The van der Waals surface area contributed by atoms with Crippen molar-refractivity contribution >= 4 is 6.08 Å². The van der Waals surface area contributed by atoms with E-state index in [9.17, 15) is 35.7 Å². The van der Waals surface area contributed by atoms with Crippen molar-refractivity contribution in [3.05, 3.63) is 47.2 Å².